The molecule has 0 bridgehead atoms. The highest BCUT2D eigenvalue weighted by Crippen LogP contribution is 2.27. The molecule has 28 heavy (non-hydrogen) atoms. The maximum absolute atomic E-state index is 12.6. The smallest absolute Gasteiger partial charge is 0.234 e. The quantitative estimate of drug-likeness (QED) is 0.833. The molecule has 7 heteroatoms. The Morgan fingerprint density at radius 2 is 1.86 bits per heavy atom. The Morgan fingerprint density at radius 3 is 2.68 bits per heavy atom. The van der Waals surface area contributed by atoms with Gasteiger partial charge in [0.2, 0.25) is 5.91 Å². The average Bonchev–Trinajstić information content (AvgIpc) is 2.97. The minimum absolute atomic E-state index is 0.190. The van der Waals surface area contributed by atoms with Crippen LogP contribution in [0.1, 0.15) is 69.4 Å². The summed E-state index contributed by atoms with van der Waals surface area (Å²) in [5, 5.41) is 12.3. The fourth-order valence-electron chi connectivity index (χ4n) is 5.09. The maximum Gasteiger partial charge on any atom is 0.234 e. The van der Waals surface area contributed by atoms with Gasteiger partial charge in [-0.15, -0.1) is 10.2 Å². The number of rotatable bonds is 5. The molecule has 3 aliphatic heterocycles. The lowest BCUT2D eigenvalue weighted by Crippen LogP contribution is -2.48. The zero-order valence-corrected chi connectivity index (χ0v) is 17.4. The van der Waals surface area contributed by atoms with E-state index >= 15 is 0 Å². The number of amides is 1. The van der Waals surface area contributed by atoms with Gasteiger partial charge in [0.25, 0.3) is 0 Å². The van der Waals surface area contributed by atoms with E-state index in [9.17, 15) is 4.79 Å². The fraction of sp³-hybridized carbons (Fsp3) is 0.857. The highest BCUT2D eigenvalue weighted by atomic mass is 16.2. The van der Waals surface area contributed by atoms with Crippen LogP contribution in [0, 0.1) is 0 Å². The lowest BCUT2D eigenvalue weighted by Gasteiger charge is -2.34. The van der Waals surface area contributed by atoms with Crippen LogP contribution in [-0.4, -0.2) is 75.8 Å². The Bertz CT molecular complexity index is 651. The van der Waals surface area contributed by atoms with E-state index < -0.39 is 0 Å². The third kappa shape index (κ3) is 4.74. The standard InChI is InChI=1S/C21H36N6O/c1-2-25-13-9-18(10-14-25)22-20(28)16-26-11-6-7-17(15-26)21-24-23-19-8-4-3-5-12-27(19)21/h17-18H,2-16H2,1H3,(H,22,28)/t17-/m0/s1. The summed E-state index contributed by atoms with van der Waals surface area (Å²) in [6, 6.07) is 0.350. The van der Waals surface area contributed by atoms with E-state index in [4.69, 9.17) is 0 Å². The Balaban J connectivity index is 1.29. The molecule has 2 fully saturated rings. The normalized spacial score (nSPS) is 25.2. The summed E-state index contributed by atoms with van der Waals surface area (Å²) in [7, 11) is 0. The molecule has 0 unspecified atom stereocenters. The predicted octanol–water partition coefficient (Wildman–Crippen LogP) is 1.78. The van der Waals surface area contributed by atoms with Crippen LogP contribution in [0.15, 0.2) is 0 Å². The number of carbonyl (C=O) groups is 1. The van der Waals surface area contributed by atoms with Gasteiger partial charge in [-0.1, -0.05) is 13.3 Å². The molecule has 0 radical (unpaired) electrons. The van der Waals surface area contributed by atoms with Crippen molar-refractivity contribution in [2.75, 3.05) is 39.3 Å². The summed E-state index contributed by atoms with van der Waals surface area (Å²) >= 11 is 0. The summed E-state index contributed by atoms with van der Waals surface area (Å²) in [6.07, 6.45) is 9.25. The number of aryl methyl sites for hydroxylation is 1. The molecule has 1 atom stereocenters. The van der Waals surface area contributed by atoms with Gasteiger partial charge in [-0.2, -0.15) is 0 Å². The first-order valence-electron chi connectivity index (χ1n) is 11.4. The first-order valence-corrected chi connectivity index (χ1v) is 11.4. The highest BCUT2D eigenvalue weighted by molar-refractivity contribution is 5.78. The number of fused-ring (bicyclic) bond motifs is 1. The van der Waals surface area contributed by atoms with Gasteiger partial charge >= 0.3 is 0 Å². The Labute approximate surface area is 168 Å². The summed E-state index contributed by atoms with van der Waals surface area (Å²) in [5.74, 6) is 2.93. The van der Waals surface area contributed by atoms with Crippen LogP contribution in [-0.2, 0) is 17.8 Å². The van der Waals surface area contributed by atoms with Crippen LogP contribution >= 0.6 is 0 Å². The number of aromatic nitrogens is 3. The molecule has 0 spiro atoms. The average molecular weight is 389 g/mol. The van der Waals surface area contributed by atoms with Crippen LogP contribution < -0.4 is 5.32 Å². The van der Waals surface area contributed by atoms with Gasteiger partial charge in [-0.3, -0.25) is 9.69 Å². The number of hydrogen-bond donors (Lipinski definition) is 1. The molecule has 0 saturated carbocycles. The molecule has 0 aliphatic carbocycles. The Hall–Kier alpha value is -1.47. The third-order valence-electron chi connectivity index (χ3n) is 6.78. The van der Waals surface area contributed by atoms with Gasteiger partial charge in [0.05, 0.1) is 6.54 Å². The van der Waals surface area contributed by atoms with E-state index in [0.717, 1.165) is 77.2 Å². The maximum atomic E-state index is 12.6. The second-order valence-electron chi connectivity index (χ2n) is 8.79. The zero-order chi connectivity index (χ0) is 19.3. The molecule has 4 rings (SSSR count). The lowest BCUT2D eigenvalue weighted by molar-refractivity contribution is -0.123. The van der Waals surface area contributed by atoms with Gasteiger partial charge in [0.15, 0.2) is 0 Å². The number of carbonyl (C=O) groups excluding carboxylic acids is 1. The molecule has 7 nitrogen and oxygen atoms in total. The minimum atomic E-state index is 0.190. The number of nitrogens with zero attached hydrogens (tertiary/aromatic N) is 5. The van der Waals surface area contributed by atoms with Crippen molar-refractivity contribution in [3.63, 3.8) is 0 Å². The van der Waals surface area contributed by atoms with Crippen LogP contribution in [0.2, 0.25) is 0 Å². The highest BCUT2D eigenvalue weighted by Gasteiger charge is 2.28. The summed E-state index contributed by atoms with van der Waals surface area (Å²) in [5.41, 5.74) is 0. The zero-order valence-electron chi connectivity index (χ0n) is 17.4. The number of piperidine rings is 2. The first-order chi connectivity index (χ1) is 13.7. The predicted molar refractivity (Wildman–Crippen MR) is 109 cm³/mol. The molecule has 0 aromatic carbocycles. The van der Waals surface area contributed by atoms with Crippen molar-refractivity contribution in [1.82, 2.24) is 29.9 Å². The van der Waals surface area contributed by atoms with Gasteiger partial charge < -0.3 is 14.8 Å². The molecule has 1 aromatic heterocycles. The van der Waals surface area contributed by atoms with Gasteiger partial charge in [0.1, 0.15) is 11.6 Å². The largest absolute Gasteiger partial charge is 0.352 e. The van der Waals surface area contributed by atoms with Crippen LogP contribution in [0.3, 0.4) is 0 Å². The number of nitrogens with one attached hydrogen (secondary N) is 1. The Morgan fingerprint density at radius 1 is 1.00 bits per heavy atom. The SMILES string of the molecule is CCN1CCC(NC(=O)CN2CCC[C@H](c3nnc4n3CCCCC4)C2)CC1. The molecule has 4 heterocycles. The minimum Gasteiger partial charge on any atom is -0.352 e. The van der Waals surface area contributed by atoms with Crippen molar-refractivity contribution in [3.8, 4) is 0 Å². The number of hydrogen-bond acceptors (Lipinski definition) is 5. The molecule has 1 aromatic rings. The van der Waals surface area contributed by atoms with E-state index in [0.29, 0.717) is 18.5 Å². The van der Waals surface area contributed by atoms with Crippen LogP contribution in [0.25, 0.3) is 0 Å². The van der Waals surface area contributed by atoms with E-state index in [1.54, 1.807) is 0 Å². The van der Waals surface area contributed by atoms with Crippen molar-refractivity contribution in [1.29, 1.82) is 0 Å². The topological polar surface area (TPSA) is 66.3 Å². The van der Waals surface area contributed by atoms with Crippen molar-refractivity contribution >= 4 is 5.91 Å². The van der Waals surface area contributed by atoms with E-state index in [-0.39, 0.29) is 5.91 Å². The van der Waals surface area contributed by atoms with E-state index in [1.165, 1.54) is 25.1 Å². The second kappa shape index (κ2) is 9.35. The van der Waals surface area contributed by atoms with Gasteiger partial charge in [0, 0.05) is 44.6 Å². The molecular formula is C21H36N6O. The molecule has 2 saturated heterocycles. The lowest BCUT2D eigenvalue weighted by atomic mass is 9.97. The fourth-order valence-corrected chi connectivity index (χ4v) is 5.09. The van der Waals surface area contributed by atoms with Gasteiger partial charge in [-0.05, 0) is 51.6 Å². The third-order valence-corrected chi connectivity index (χ3v) is 6.78. The van der Waals surface area contributed by atoms with Crippen molar-refractivity contribution < 1.29 is 4.79 Å². The molecule has 1 N–H and O–H groups in total. The van der Waals surface area contributed by atoms with E-state index in [2.05, 4.69) is 36.8 Å². The van der Waals surface area contributed by atoms with Crippen molar-refractivity contribution in [2.45, 2.75) is 76.8 Å². The molecular weight excluding hydrogens is 352 g/mol. The second-order valence-corrected chi connectivity index (χ2v) is 8.79. The Kier molecular flexibility index (Phi) is 6.62. The first kappa shape index (κ1) is 19.8. The molecule has 1 amide bonds. The van der Waals surface area contributed by atoms with Crippen molar-refractivity contribution in [3.05, 3.63) is 11.6 Å². The summed E-state index contributed by atoms with van der Waals surface area (Å²) in [4.78, 5) is 17.4. The summed E-state index contributed by atoms with van der Waals surface area (Å²) < 4.78 is 2.38. The van der Waals surface area contributed by atoms with E-state index in [1.807, 2.05) is 0 Å². The van der Waals surface area contributed by atoms with Gasteiger partial charge in [-0.25, -0.2) is 0 Å². The molecule has 3 aliphatic rings. The van der Waals surface area contributed by atoms with Crippen LogP contribution in [0.5, 0.6) is 0 Å². The monoisotopic (exact) mass is 388 g/mol. The molecule has 156 valence electrons. The van der Waals surface area contributed by atoms with Crippen LogP contribution in [0.4, 0.5) is 0 Å². The summed E-state index contributed by atoms with van der Waals surface area (Å²) in [6.45, 7) is 9.05. The van der Waals surface area contributed by atoms with Crippen molar-refractivity contribution in [2.24, 2.45) is 0 Å². The number of likely N-dealkylation sites (tertiary alicyclic amines) is 2.